The number of hydrogen-bond donors (Lipinski definition) is 2. The average molecular weight is 340 g/mol. The van der Waals surface area contributed by atoms with E-state index in [4.69, 9.17) is 4.42 Å². The highest BCUT2D eigenvalue weighted by Gasteiger charge is 2.28. The first-order valence-electron chi connectivity index (χ1n) is 8.10. The second-order valence-electron chi connectivity index (χ2n) is 5.93. The van der Waals surface area contributed by atoms with Crippen molar-refractivity contribution >= 4 is 17.9 Å². The van der Waals surface area contributed by atoms with Crippen molar-refractivity contribution in [2.45, 2.75) is 25.5 Å². The summed E-state index contributed by atoms with van der Waals surface area (Å²) >= 11 is 0. The number of benzene rings is 1. The highest BCUT2D eigenvalue weighted by Crippen LogP contribution is 2.32. The van der Waals surface area contributed by atoms with Crippen LogP contribution in [-0.4, -0.2) is 28.4 Å². The second-order valence-corrected chi connectivity index (χ2v) is 5.93. The Kier molecular flexibility index (Phi) is 5.00. The molecule has 1 aromatic heterocycles. The van der Waals surface area contributed by atoms with E-state index in [0.717, 1.165) is 11.1 Å². The second kappa shape index (κ2) is 7.36. The zero-order valence-electron chi connectivity index (χ0n) is 13.9. The van der Waals surface area contributed by atoms with Gasteiger partial charge in [0, 0.05) is 13.1 Å². The molecule has 130 valence electrons. The summed E-state index contributed by atoms with van der Waals surface area (Å²) in [5, 5.41) is 12.7. The predicted octanol–water partition coefficient (Wildman–Crippen LogP) is 2.39. The molecule has 6 nitrogen and oxygen atoms in total. The number of carbonyl (C=O) groups is 2. The number of nitrogens with one attached hydrogen (secondary N) is 1. The van der Waals surface area contributed by atoms with Gasteiger partial charge in [-0.1, -0.05) is 24.3 Å². The van der Waals surface area contributed by atoms with Gasteiger partial charge in [0.15, 0.2) is 0 Å². The minimum absolute atomic E-state index is 0.0522. The Morgan fingerprint density at radius 1 is 1.28 bits per heavy atom. The molecule has 0 aliphatic carbocycles. The van der Waals surface area contributed by atoms with Crippen LogP contribution in [0.4, 0.5) is 0 Å². The summed E-state index contributed by atoms with van der Waals surface area (Å²) in [5.41, 5.74) is 1.93. The van der Waals surface area contributed by atoms with Gasteiger partial charge in [-0.2, -0.15) is 0 Å². The lowest BCUT2D eigenvalue weighted by molar-refractivity contribution is -0.130. The topological polar surface area (TPSA) is 82.8 Å². The van der Waals surface area contributed by atoms with Gasteiger partial charge >= 0.3 is 0 Å². The minimum atomic E-state index is -0.901. The van der Waals surface area contributed by atoms with E-state index in [9.17, 15) is 14.7 Å². The quantitative estimate of drug-likeness (QED) is 0.875. The van der Waals surface area contributed by atoms with Crippen LogP contribution in [0.15, 0.2) is 53.3 Å². The smallest absolute Gasteiger partial charge is 0.223 e. The van der Waals surface area contributed by atoms with Crippen LogP contribution in [0.3, 0.4) is 0 Å². The average Bonchev–Trinajstić information content (AvgIpc) is 3.14. The van der Waals surface area contributed by atoms with Crippen LogP contribution >= 0.6 is 0 Å². The summed E-state index contributed by atoms with van der Waals surface area (Å²) in [5.74, 6) is 0.0303. The van der Waals surface area contributed by atoms with Crippen molar-refractivity contribution in [3.63, 3.8) is 0 Å². The molecule has 0 radical (unpaired) electrons. The molecule has 0 spiro atoms. The maximum absolute atomic E-state index is 12.3. The summed E-state index contributed by atoms with van der Waals surface area (Å²) in [6, 6.07) is 10.6. The predicted molar refractivity (Wildman–Crippen MR) is 92.0 cm³/mol. The Morgan fingerprint density at radius 2 is 2.08 bits per heavy atom. The first-order valence-corrected chi connectivity index (χ1v) is 8.10. The molecule has 2 atom stereocenters. The number of nitrogens with zero attached hydrogens (tertiary/aromatic N) is 1. The maximum Gasteiger partial charge on any atom is 0.223 e. The number of aliphatic hydroxyl groups is 1. The summed E-state index contributed by atoms with van der Waals surface area (Å²) in [6.07, 6.45) is 4.26. The summed E-state index contributed by atoms with van der Waals surface area (Å²) in [6.45, 7) is 1.53. The van der Waals surface area contributed by atoms with Gasteiger partial charge in [0.05, 0.1) is 25.3 Å². The molecule has 0 saturated carbocycles. The number of carbonyl (C=O) groups excluding carboxylic acids is 2. The Labute approximate surface area is 145 Å². The first-order chi connectivity index (χ1) is 12.1. The Morgan fingerprint density at radius 3 is 2.80 bits per heavy atom. The third-order valence-electron chi connectivity index (χ3n) is 4.21. The van der Waals surface area contributed by atoms with Gasteiger partial charge in [-0.25, -0.2) is 0 Å². The normalized spacial score (nSPS) is 17.0. The standard InChI is InChI=1S/C19H20N2O4/c1-13(22)21-9-8-14-5-2-3-6-15(14)16(21)11-19(24)20-12-17(23)18-7-4-10-25-18/h2-10,16-17,23H,11-12H2,1H3,(H,20,24). The Balaban J connectivity index is 1.68. The highest BCUT2D eigenvalue weighted by atomic mass is 16.4. The molecule has 2 heterocycles. The summed E-state index contributed by atoms with van der Waals surface area (Å²) in [4.78, 5) is 25.8. The summed E-state index contributed by atoms with van der Waals surface area (Å²) in [7, 11) is 0. The molecule has 0 fully saturated rings. The van der Waals surface area contributed by atoms with E-state index in [1.807, 2.05) is 30.3 Å². The fourth-order valence-corrected chi connectivity index (χ4v) is 2.95. The van der Waals surface area contributed by atoms with Crippen LogP contribution in [0, 0.1) is 0 Å². The molecule has 25 heavy (non-hydrogen) atoms. The monoisotopic (exact) mass is 340 g/mol. The Bertz CT molecular complexity index is 782. The summed E-state index contributed by atoms with van der Waals surface area (Å²) < 4.78 is 5.11. The maximum atomic E-state index is 12.3. The van der Waals surface area contributed by atoms with Gasteiger partial charge in [0.25, 0.3) is 0 Å². The number of rotatable bonds is 5. The molecule has 1 aliphatic rings. The van der Waals surface area contributed by atoms with Gasteiger partial charge in [-0.15, -0.1) is 0 Å². The van der Waals surface area contributed by atoms with E-state index in [0.29, 0.717) is 5.76 Å². The number of furan rings is 1. The van der Waals surface area contributed by atoms with Crippen LogP contribution in [-0.2, 0) is 9.59 Å². The van der Waals surface area contributed by atoms with E-state index in [2.05, 4.69) is 5.32 Å². The first kappa shape index (κ1) is 17.0. The minimum Gasteiger partial charge on any atom is -0.467 e. The molecular formula is C19H20N2O4. The zero-order chi connectivity index (χ0) is 17.8. The number of amides is 2. The van der Waals surface area contributed by atoms with Crippen molar-refractivity contribution in [1.82, 2.24) is 10.2 Å². The van der Waals surface area contributed by atoms with Gasteiger partial charge in [0.2, 0.25) is 11.8 Å². The molecule has 6 heteroatoms. The van der Waals surface area contributed by atoms with E-state index in [1.54, 1.807) is 23.2 Å². The van der Waals surface area contributed by atoms with Crippen molar-refractivity contribution in [2.75, 3.05) is 6.54 Å². The molecule has 0 bridgehead atoms. The molecule has 2 amide bonds. The lowest BCUT2D eigenvalue weighted by Crippen LogP contribution is -2.36. The van der Waals surface area contributed by atoms with Crippen molar-refractivity contribution in [2.24, 2.45) is 0 Å². The molecule has 1 aromatic carbocycles. The lowest BCUT2D eigenvalue weighted by atomic mass is 9.93. The van der Waals surface area contributed by atoms with E-state index < -0.39 is 6.10 Å². The van der Waals surface area contributed by atoms with Crippen molar-refractivity contribution in [1.29, 1.82) is 0 Å². The van der Waals surface area contributed by atoms with E-state index in [-0.39, 0.29) is 30.8 Å². The molecule has 0 saturated heterocycles. The molecule has 2 aromatic rings. The molecule has 3 rings (SSSR count). The number of fused-ring (bicyclic) bond motifs is 1. The van der Waals surface area contributed by atoms with Crippen molar-refractivity contribution in [3.8, 4) is 0 Å². The Hall–Kier alpha value is -2.86. The van der Waals surface area contributed by atoms with Crippen LogP contribution in [0.1, 0.15) is 42.4 Å². The van der Waals surface area contributed by atoms with Gasteiger partial charge in [-0.05, 0) is 29.3 Å². The molecule has 1 aliphatic heterocycles. The molecule has 2 N–H and O–H groups in total. The third-order valence-corrected chi connectivity index (χ3v) is 4.21. The fourth-order valence-electron chi connectivity index (χ4n) is 2.95. The van der Waals surface area contributed by atoms with Gasteiger partial charge in [0.1, 0.15) is 11.9 Å². The van der Waals surface area contributed by atoms with E-state index >= 15 is 0 Å². The SMILES string of the molecule is CC(=O)N1C=Cc2ccccc2C1CC(=O)NCC(O)c1ccco1. The number of aliphatic hydroxyl groups excluding tert-OH is 1. The fraction of sp³-hybridized carbons (Fsp3) is 0.263. The van der Waals surface area contributed by atoms with Gasteiger partial charge in [-0.3, -0.25) is 9.59 Å². The lowest BCUT2D eigenvalue weighted by Gasteiger charge is -2.32. The molecular weight excluding hydrogens is 320 g/mol. The van der Waals surface area contributed by atoms with Crippen LogP contribution < -0.4 is 5.32 Å². The largest absolute Gasteiger partial charge is 0.467 e. The molecule has 2 unspecified atom stereocenters. The highest BCUT2D eigenvalue weighted by molar-refractivity contribution is 5.81. The van der Waals surface area contributed by atoms with Crippen LogP contribution in [0.5, 0.6) is 0 Å². The van der Waals surface area contributed by atoms with E-state index in [1.165, 1.54) is 13.2 Å². The van der Waals surface area contributed by atoms with Crippen molar-refractivity contribution in [3.05, 3.63) is 65.7 Å². The van der Waals surface area contributed by atoms with Crippen LogP contribution in [0.25, 0.3) is 6.08 Å². The number of hydrogen-bond acceptors (Lipinski definition) is 4. The van der Waals surface area contributed by atoms with Crippen LogP contribution in [0.2, 0.25) is 0 Å². The third kappa shape index (κ3) is 3.80. The zero-order valence-corrected chi connectivity index (χ0v) is 13.9. The van der Waals surface area contributed by atoms with Gasteiger partial charge < -0.3 is 19.7 Å². The van der Waals surface area contributed by atoms with Crippen molar-refractivity contribution < 1.29 is 19.1 Å².